The van der Waals surface area contributed by atoms with Gasteiger partial charge in [0, 0.05) is 6.42 Å². The van der Waals surface area contributed by atoms with Gasteiger partial charge in [-0.25, -0.2) is 19.5 Å². The molecule has 5 atom stereocenters. The highest BCUT2D eigenvalue weighted by molar-refractivity contribution is 7.46. The van der Waals surface area contributed by atoms with Gasteiger partial charge in [0.05, 0.1) is 12.9 Å². The average Bonchev–Trinajstić information content (AvgIpc) is 3.41. The molecule has 2 aliphatic heterocycles. The Labute approximate surface area is 176 Å². The summed E-state index contributed by atoms with van der Waals surface area (Å²) in [5.41, 5.74) is 7.77. The van der Waals surface area contributed by atoms with Crippen LogP contribution in [-0.2, 0) is 29.7 Å². The molecule has 0 aliphatic carbocycles. The molecule has 12 nitrogen and oxygen atoms in total. The van der Waals surface area contributed by atoms with Crippen LogP contribution >= 0.6 is 7.82 Å². The normalized spacial score (nSPS) is 28.3. The van der Waals surface area contributed by atoms with E-state index < -0.39 is 38.7 Å². The van der Waals surface area contributed by atoms with Crippen molar-refractivity contribution in [3.05, 3.63) is 48.5 Å². The molecule has 4 heterocycles. The van der Waals surface area contributed by atoms with Gasteiger partial charge < -0.3 is 29.7 Å². The quantitative estimate of drug-likeness (QED) is 0.455. The summed E-state index contributed by atoms with van der Waals surface area (Å²) in [6.07, 6.45) is 0.103. The van der Waals surface area contributed by atoms with E-state index in [0.29, 0.717) is 17.6 Å². The molecule has 2 aromatic heterocycles. The third kappa shape index (κ3) is 4.06. The van der Waals surface area contributed by atoms with Crippen molar-refractivity contribution >= 4 is 24.8 Å². The molecule has 2 aliphatic rings. The van der Waals surface area contributed by atoms with Gasteiger partial charge in [-0.1, -0.05) is 30.3 Å². The van der Waals surface area contributed by atoms with Crippen LogP contribution in [0.15, 0.2) is 43.0 Å². The van der Waals surface area contributed by atoms with Crippen LogP contribution in [0, 0.1) is 0 Å². The number of imidazole rings is 1. The summed E-state index contributed by atoms with van der Waals surface area (Å²) in [5, 5.41) is 0. The lowest BCUT2D eigenvalue weighted by molar-refractivity contribution is -0.149. The highest BCUT2D eigenvalue weighted by Gasteiger charge is 2.54. The maximum absolute atomic E-state index is 11.2. The lowest BCUT2D eigenvalue weighted by atomic mass is 10.1. The number of nitrogens with two attached hydrogens (primary N) is 1. The van der Waals surface area contributed by atoms with Gasteiger partial charge in [-0.2, -0.15) is 0 Å². The fourth-order valence-corrected chi connectivity index (χ4v) is 4.23. The zero-order valence-electron chi connectivity index (χ0n) is 16.1. The van der Waals surface area contributed by atoms with Crippen LogP contribution in [0.4, 0.5) is 5.82 Å². The minimum absolute atomic E-state index is 0.227. The molecule has 2 fully saturated rings. The van der Waals surface area contributed by atoms with E-state index in [0.717, 1.165) is 5.56 Å². The highest BCUT2D eigenvalue weighted by atomic mass is 31.2. The van der Waals surface area contributed by atoms with E-state index in [1.807, 2.05) is 30.3 Å². The first kappa shape index (κ1) is 20.5. The van der Waals surface area contributed by atoms with Crippen molar-refractivity contribution in [1.29, 1.82) is 0 Å². The molecule has 0 bridgehead atoms. The largest absolute Gasteiger partial charge is 0.469 e. The predicted octanol–water partition coefficient (Wildman–Crippen LogP) is 0.768. The van der Waals surface area contributed by atoms with Gasteiger partial charge in [0.2, 0.25) is 0 Å². The van der Waals surface area contributed by atoms with Crippen LogP contribution < -0.4 is 5.73 Å². The summed E-state index contributed by atoms with van der Waals surface area (Å²) in [4.78, 5) is 30.6. The molecule has 164 valence electrons. The zero-order chi connectivity index (χ0) is 21.6. The van der Waals surface area contributed by atoms with Crippen molar-refractivity contribution < 1.29 is 33.1 Å². The first-order valence-corrected chi connectivity index (χ1v) is 11.1. The number of hydrogen-bond donors (Lipinski definition) is 3. The molecule has 0 spiro atoms. The van der Waals surface area contributed by atoms with E-state index in [-0.39, 0.29) is 12.4 Å². The number of hydrogen-bond acceptors (Lipinski definition) is 9. The third-order valence-electron chi connectivity index (χ3n) is 5.22. The third-order valence-corrected chi connectivity index (χ3v) is 5.70. The molecule has 31 heavy (non-hydrogen) atoms. The van der Waals surface area contributed by atoms with Crippen molar-refractivity contribution in [2.24, 2.45) is 0 Å². The molecule has 3 aromatic rings. The van der Waals surface area contributed by atoms with Gasteiger partial charge in [-0.15, -0.1) is 0 Å². The highest BCUT2D eigenvalue weighted by Crippen LogP contribution is 2.43. The first-order valence-electron chi connectivity index (χ1n) is 9.52. The Kier molecular flexibility index (Phi) is 5.22. The molecular weight excluding hydrogens is 429 g/mol. The van der Waals surface area contributed by atoms with Crippen LogP contribution in [0.25, 0.3) is 11.2 Å². The van der Waals surface area contributed by atoms with E-state index in [9.17, 15) is 4.57 Å². The lowest BCUT2D eigenvalue weighted by Crippen LogP contribution is -2.31. The summed E-state index contributed by atoms with van der Waals surface area (Å²) in [6.45, 7) is -0.368. The number of anilines is 1. The van der Waals surface area contributed by atoms with Crippen LogP contribution in [-0.4, -0.2) is 60.5 Å². The van der Waals surface area contributed by atoms with Gasteiger partial charge >= 0.3 is 7.82 Å². The number of phosphoric ester groups is 1. The second kappa shape index (κ2) is 7.92. The van der Waals surface area contributed by atoms with Crippen molar-refractivity contribution in [2.75, 3.05) is 12.3 Å². The second-order valence-corrected chi connectivity index (χ2v) is 8.49. The van der Waals surface area contributed by atoms with Crippen LogP contribution in [0.3, 0.4) is 0 Å². The molecule has 1 unspecified atom stereocenters. The summed E-state index contributed by atoms with van der Waals surface area (Å²) in [7, 11) is -4.68. The van der Waals surface area contributed by atoms with E-state index in [1.54, 1.807) is 4.57 Å². The summed E-state index contributed by atoms with van der Waals surface area (Å²) in [5.74, 6) is 0.227. The van der Waals surface area contributed by atoms with E-state index in [2.05, 4.69) is 19.5 Å². The van der Waals surface area contributed by atoms with Crippen molar-refractivity contribution in [2.45, 2.75) is 37.3 Å². The molecule has 0 saturated carbocycles. The van der Waals surface area contributed by atoms with Gasteiger partial charge in [-0.05, 0) is 5.56 Å². The number of benzene rings is 1. The Morgan fingerprint density at radius 2 is 1.87 bits per heavy atom. The number of aromatic nitrogens is 4. The fourth-order valence-electron chi connectivity index (χ4n) is 3.89. The molecular formula is C18H20N5O7P. The molecule has 5 rings (SSSR count). The van der Waals surface area contributed by atoms with Crippen LogP contribution in [0.5, 0.6) is 0 Å². The minimum atomic E-state index is -4.68. The Balaban J connectivity index is 1.43. The average molecular weight is 449 g/mol. The van der Waals surface area contributed by atoms with Crippen molar-refractivity contribution in [3.8, 4) is 0 Å². The minimum Gasteiger partial charge on any atom is -0.382 e. The topological polar surface area (TPSA) is 164 Å². The lowest BCUT2D eigenvalue weighted by Gasteiger charge is -2.21. The second-order valence-electron chi connectivity index (χ2n) is 7.26. The van der Waals surface area contributed by atoms with Gasteiger partial charge in [-0.3, -0.25) is 9.09 Å². The first-order chi connectivity index (χ1) is 14.9. The molecule has 0 radical (unpaired) electrons. The smallest absolute Gasteiger partial charge is 0.382 e. The maximum atomic E-state index is 11.2. The fraction of sp³-hybridized carbons (Fsp3) is 0.389. The Morgan fingerprint density at radius 1 is 1.10 bits per heavy atom. The van der Waals surface area contributed by atoms with Crippen LogP contribution in [0.1, 0.15) is 11.8 Å². The molecule has 0 amide bonds. The molecule has 1 aromatic carbocycles. The number of nitrogens with zero attached hydrogens (tertiary/aromatic N) is 4. The van der Waals surface area contributed by atoms with E-state index in [4.69, 9.17) is 29.7 Å². The number of rotatable bonds is 6. The molecule has 13 heteroatoms. The Hall–Kier alpha value is -2.44. The van der Waals surface area contributed by atoms with Gasteiger partial charge in [0.15, 0.2) is 24.0 Å². The molecule has 4 N–H and O–H groups in total. The Bertz CT molecular complexity index is 1120. The van der Waals surface area contributed by atoms with E-state index in [1.165, 1.54) is 12.7 Å². The monoisotopic (exact) mass is 449 g/mol. The number of fused-ring (bicyclic) bond motifs is 2. The SMILES string of the molecule is Nc1ncnc2c1ncn2[C@@H]1O[C@H](COP(=O)(O)O)[C@H]2OC(Cc3ccccc3)O[C@H]21. The molecule has 2 saturated heterocycles. The van der Waals surface area contributed by atoms with Crippen molar-refractivity contribution in [1.82, 2.24) is 19.5 Å². The van der Waals surface area contributed by atoms with Gasteiger partial charge in [0.25, 0.3) is 0 Å². The number of nitrogen functional groups attached to an aromatic ring is 1. The number of ether oxygens (including phenoxy) is 3. The maximum Gasteiger partial charge on any atom is 0.469 e. The van der Waals surface area contributed by atoms with Crippen LogP contribution in [0.2, 0.25) is 0 Å². The summed E-state index contributed by atoms with van der Waals surface area (Å²) >= 11 is 0. The summed E-state index contributed by atoms with van der Waals surface area (Å²) in [6, 6.07) is 9.70. The Morgan fingerprint density at radius 3 is 2.65 bits per heavy atom. The standard InChI is InChI=1S/C18H20N5O7P/c19-16-13-17(21-8-20-16)23(9-22-13)18-15-14(11(28-18)7-27-31(24,25)26)29-12(30-15)6-10-4-2-1-3-5-10/h1-5,8-9,11-12,14-15,18H,6-7H2,(H2,19,20,21)(H2,24,25,26)/t11-,12?,14-,15-,18-/m1/s1. The summed E-state index contributed by atoms with van der Waals surface area (Å²) < 4.78 is 35.8. The van der Waals surface area contributed by atoms with Gasteiger partial charge in [0.1, 0.15) is 30.2 Å². The van der Waals surface area contributed by atoms with Crippen molar-refractivity contribution in [3.63, 3.8) is 0 Å². The van der Waals surface area contributed by atoms with E-state index >= 15 is 0 Å². The zero-order valence-corrected chi connectivity index (χ0v) is 17.0. The number of phosphoric acid groups is 1. The predicted molar refractivity (Wildman–Crippen MR) is 105 cm³/mol.